The van der Waals surface area contributed by atoms with Crippen molar-refractivity contribution in [1.82, 2.24) is 5.32 Å². The number of ketones is 2. The summed E-state index contributed by atoms with van der Waals surface area (Å²) in [5, 5.41) is 3.09. The van der Waals surface area contributed by atoms with Crippen molar-refractivity contribution in [2.24, 2.45) is 0 Å². The Morgan fingerprint density at radius 1 is 1.00 bits per heavy atom. The first-order valence-electron chi connectivity index (χ1n) is 6.87. The van der Waals surface area contributed by atoms with Crippen molar-refractivity contribution >= 4 is 11.6 Å². The smallest absolute Gasteiger partial charge is 0.209 e. The molecule has 19 heavy (non-hydrogen) atoms. The third kappa shape index (κ3) is 3.11. The molecule has 0 aromatic heterocycles. The molecule has 0 unspecified atom stereocenters. The van der Waals surface area contributed by atoms with Gasteiger partial charge in [0.1, 0.15) is 0 Å². The van der Waals surface area contributed by atoms with E-state index in [1.807, 2.05) is 0 Å². The Bertz CT molecular complexity index is 517. The molecule has 1 aromatic rings. The molecule has 0 bridgehead atoms. The summed E-state index contributed by atoms with van der Waals surface area (Å²) >= 11 is 0. The van der Waals surface area contributed by atoms with Gasteiger partial charge in [0.05, 0.1) is 5.70 Å². The van der Waals surface area contributed by atoms with Crippen LogP contribution >= 0.6 is 0 Å². The van der Waals surface area contributed by atoms with Gasteiger partial charge in [-0.25, -0.2) is 0 Å². The van der Waals surface area contributed by atoms with Crippen molar-refractivity contribution in [3.8, 4) is 0 Å². The molecule has 0 saturated heterocycles. The van der Waals surface area contributed by atoms with Crippen LogP contribution in [0.25, 0.3) is 0 Å². The van der Waals surface area contributed by atoms with Crippen LogP contribution in [0.5, 0.6) is 0 Å². The molecule has 100 valence electrons. The Kier molecular flexibility index (Phi) is 4.50. The standard InChI is InChI=1S/C16H19NO2/c1-2-3-4-7-10-17-14-11-15(18)12-8-5-6-9-13(12)16(14)19/h5-6,8-9,11,17H,2-4,7,10H2,1H3. The van der Waals surface area contributed by atoms with Gasteiger partial charge >= 0.3 is 0 Å². The lowest BCUT2D eigenvalue weighted by molar-refractivity contribution is 0.0978. The van der Waals surface area contributed by atoms with Gasteiger partial charge in [0, 0.05) is 23.7 Å². The zero-order valence-corrected chi connectivity index (χ0v) is 11.2. The maximum atomic E-state index is 12.2. The number of unbranched alkanes of at least 4 members (excludes halogenated alkanes) is 3. The molecule has 1 N–H and O–H groups in total. The van der Waals surface area contributed by atoms with E-state index in [1.165, 1.54) is 18.9 Å². The number of Topliss-reactive ketones (excluding diaryl/α,β-unsaturated/α-hetero) is 1. The topological polar surface area (TPSA) is 46.2 Å². The summed E-state index contributed by atoms with van der Waals surface area (Å²) in [7, 11) is 0. The number of carbonyl (C=O) groups excluding carboxylic acids is 2. The predicted molar refractivity (Wildman–Crippen MR) is 75.3 cm³/mol. The van der Waals surface area contributed by atoms with Gasteiger partial charge in [-0.3, -0.25) is 9.59 Å². The molecule has 1 aromatic carbocycles. The van der Waals surface area contributed by atoms with Gasteiger partial charge in [-0.1, -0.05) is 50.5 Å². The molecule has 3 heteroatoms. The van der Waals surface area contributed by atoms with Crippen molar-refractivity contribution in [3.05, 3.63) is 47.2 Å². The fourth-order valence-electron chi connectivity index (χ4n) is 2.22. The van der Waals surface area contributed by atoms with E-state index in [-0.39, 0.29) is 11.6 Å². The number of hydrogen-bond acceptors (Lipinski definition) is 3. The second-order valence-electron chi connectivity index (χ2n) is 4.78. The van der Waals surface area contributed by atoms with E-state index in [4.69, 9.17) is 0 Å². The van der Waals surface area contributed by atoms with Crippen LogP contribution in [0, 0.1) is 0 Å². The normalized spacial score (nSPS) is 14.1. The fraction of sp³-hybridized carbons (Fsp3) is 0.375. The Labute approximate surface area is 113 Å². The molecular weight excluding hydrogens is 238 g/mol. The zero-order valence-electron chi connectivity index (χ0n) is 11.2. The summed E-state index contributed by atoms with van der Waals surface area (Å²) in [6.07, 6.45) is 5.98. The maximum absolute atomic E-state index is 12.2. The van der Waals surface area contributed by atoms with Gasteiger partial charge in [0.2, 0.25) is 5.78 Å². The first-order valence-corrected chi connectivity index (χ1v) is 6.87. The number of nitrogens with one attached hydrogen (secondary N) is 1. The van der Waals surface area contributed by atoms with Crippen LogP contribution < -0.4 is 5.32 Å². The molecule has 1 aliphatic carbocycles. The Hall–Kier alpha value is -1.90. The summed E-state index contributed by atoms with van der Waals surface area (Å²) in [5.41, 5.74) is 1.44. The summed E-state index contributed by atoms with van der Waals surface area (Å²) in [4.78, 5) is 24.1. The van der Waals surface area contributed by atoms with Crippen molar-refractivity contribution in [2.75, 3.05) is 6.54 Å². The van der Waals surface area contributed by atoms with Crippen LogP contribution in [0.3, 0.4) is 0 Å². The molecule has 0 heterocycles. The minimum atomic E-state index is -0.0914. The van der Waals surface area contributed by atoms with Crippen LogP contribution in [0.2, 0.25) is 0 Å². The van der Waals surface area contributed by atoms with E-state index < -0.39 is 0 Å². The van der Waals surface area contributed by atoms with Gasteiger partial charge in [-0.05, 0) is 6.42 Å². The number of carbonyl (C=O) groups is 2. The largest absolute Gasteiger partial charge is 0.382 e. The van der Waals surface area contributed by atoms with Gasteiger partial charge in [-0.15, -0.1) is 0 Å². The Morgan fingerprint density at radius 2 is 1.74 bits per heavy atom. The third-order valence-electron chi connectivity index (χ3n) is 3.30. The summed E-state index contributed by atoms with van der Waals surface area (Å²) in [6.45, 7) is 2.91. The summed E-state index contributed by atoms with van der Waals surface area (Å²) in [6, 6.07) is 6.97. The number of fused-ring (bicyclic) bond motifs is 1. The maximum Gasteiger partial charge on any atom is 0.209 e. The highest BCUT2D eigenvalue weighted by Gasteiger charge is 2.24. The summed E-state index contributed by atoms with van der Waals surface area (Å²) < 4.78 is 0. The van der Waals surface area contributed by atoms with Gasteiger partial charge in [0.15, 0.2) is 5.78 Å². The number of benzene rings is 1. The Morgan fingerprint density at radius 3 is 2.47 bits per heavy atom. The zero-order chi connectivity index (χ0) is 13.7. The molecule has 0 spiro atoms. The van der Waals surface area contributed by atoms with Crippen molar-refractivity contribution in [3.63, 3.8) is 0 Å². The molecule has 0 aliphatic heterocycles. The molecule has 0 fully saturated rings. The van der Waals surface area contributed by atoms with Crippen molar-refractivity contribution in [2.45, 2.75) is 32.6 Å². The monoisotopic (exact) mass is 257 g/mol. The van der Waals surface area contributed by atoms with Crippen LogP contribution in [-0.4, -0.2) is 18.1 Å². The lowest BCUT2D eigenvalue weighted by Gasteiger charge is -2.16. The molecule has 3 nitrogen and oxygen atoms in total. The van der Waals surface area contributed by atoms with Gasteiger partial charge in [-0.2, -0.15) is 0 Å². The average Bonchev–Trinajstić information content (AvgIpc) is 2.44. The molecule has 0 saturated carbocycles. The quantitative estimate of drug-likeness (QED) is 0.796. The van der Waals surface area contributed by atoms with Crippen molar-refractivity contribution < 1.29 is 9.59 Å². The second-order valence-corrected chi connectivity index (χ2v) is 4.78. The first kappa shape index (κ1) is 13.5. The minimum absolute atomic E-state index is 0.0781. The highest BCUT2D eigenvalue weighted by molar-refractivity contribution is 6.24. The van der Waals surface area contributed by atoms with E-state index in [0.29, 0.717) is 16.8 Å². The van der Waals surface area contributed by atoms with Crippen LogP contribution in [0.15, 0.2) is 36.0 Å². The first-order chi connectivity index (χ1) is 9.24. The molecule has 2 rings (SSSR count). The highest BCUT2D eigenvalue weighted by atomic mass is 16.1. The SMILES string of the molecule is CCCCCCNC1=CC(=O)c2ccccc2C1=O. The van der Waals surface area contributed by atoms with Crippen LogP contribution in [0.1, 0.15) is 53.3 Å². The predicted octanol–water partition coefficient (Wildman–Crippen LogP) is 3.12. The van der Waals surface area contributed by atoms with E-state index in [9.17, 15) is 9.59 Å². The molecule has 0 radical (unpaired) electrons. The lowest BCUT2D eigenvalue weighted by atomic mass is 9.93. The lowest BCUT2D eigenvalue weighted by Crippen LogP contribution is -2.27. The fourth-order valence-corrected chi connectivity index (χ4v) is 2.22. The summed E-state index contributed by atoms with van der Waals surface area (Å²) in [5.74, 6) is -0.169. The number of rotatable bonds is 6. The van der Waals surface area contributed by atoms with E-state index in [2.05, 4.69) is 12.2 Å². The molecule has 0 amide bonds. The third-order valence-corrected chi connectivity index (χ3v) is 3.30. The number of allylic oxidation sites excluding steroid dienone is 2. The van der Waals surface area contributed by atoms with Crippen LogP contribution in [0.4, 0.5) is 0 Å². The molecule has 0 atom stereocenters. The second kappa shape index (κ2) is 6.32. The van der Waals surface area contributed by atoms with E-state index >= 15 is 0 Å². The minimum Gasteiger partial charge on any atom is -0.382 e. The van der Waals surface area contributed by atoms with Crippen molar-refractivity contribution in [1.29, 1.82) is 0 Å². The molecular formula is C16H19NO2. The molecule has 1 aliphatic rings. The van der Waals surface area contributed by atoms with E-state index in [1.54, 1.807) is 24.3 Å². The average molecular weight is 257 g/mol. The Balaban J connectivity index is 2.00. The van der Waals surface area contributed by atoms with E-state index in [0.717, 1.165) is 19.4 Å². The van der Waals surface area contributed by atoms with Gasteiger partial charge < -0.3 is 5.32 Å². The highest BCUT2D eigenvalue weighted by Crippen LogP contribution is 2.19. The van der Waals surface area contributed by atoms with Gasteiger partial charge in [0.25, 0.3) is 0 Å². The van der Waals surface area contributed by atoms with Crippen LogP contribution in [-0.2, 0) is 0 Å². The number of hydrogen-bond donors (Lipinski definition) is 1.